The largest absolute Gasteiger partial charge is 0.250 e. The zero-order chi connectivity index (χ0) is 13.0. The van der Waals surface area contributed by atoms with Gasteiger partial charge in [-0.3, -0.25) is 4.68 Å². The first-order valence-electron chi connectivity index (χ1n) is 5.94. The van der Waals surface area contributed by atoms with Gasteiger partial charge < -0.3 is 0 Å². The Kier molecular flexibility index (Phi) is 2.14. The second-order valence-electron chi connectivity index (χ2n) is 4.73. The van der Waals surface area contributed by atoms with Crippen LogP contribution in [-0.2, 0) is 7.05 Å². The van der Waals surface area contributed by atoms with E-state index >= 15 is 0 Å². The predicted octanol–water partition coefficient (Wildman–Crippen LogP) is 2.15. The summed E-state index contributed by atoms with van der Waals surface area (Å²) >= 11 is 0. The van der Waals surface area contributed by atoms with Gasteiger partial charge in [0.25, 0.3) is 0 Å². The van der Waals surface area contributed by atoms with Gasteiger partial charge in [-0.05, 0) is 27.7 Å². The third-order valence-electron chi connectivity index (χ3n) is 3.40. The van der Waals surface area contributed by atoms with E-state index in [0.29, 0.717) is 0 Å². The van der Waals surface area contributed by atoms with E-state index in [9.17, 15) is 0 Å². The third kappa shape index (κ3) is 1.27. The van der Waals surface area contributed by atoms with E-state index in [4.69, 9.17) is 0 Å². The first kappa shape index (κ1) is 11.1. The van der Waals surface area contributed by atoms with Gasteiger partial charge >= 0.3 is 0 Å². The van der Waals surface area contributed by atoms with Crippen LogP contribution in [0.5, 0.6) is 0 Å². The fourth-order valence-electron chi connectivity index (χ4n) is 2.64. The van der Waals surface area contributed by atoms with Crippen molar-refractivity contribution in [2.24, 2.45) is 7.05 Å². The summed E-state index contributed by atoms with van der Waals surface area (Å²) in [6.07, 6.45) is 0. The number of fused-ring (bicyclic) bond motifs is 3. The molecule has 5 heteroatoms. The molecule has 0 radical (unpaired) electrons. The average molecular weight is 241 g/mol. The molecule has 5 nitrogen and oxygen atoms in total. The predicted molar refractivity (Wildman–Crippen MR) is 70.6 cm³/mol. The highest BCUT2D eigenvalue weighted by Crippen LogP contribution is 2.30. The summed E-state index contributed by atoms with van der Waals surface area (Å²) < 4.78 is 1.83. The minimum atomic E-state index is 0.910. The summed E-state index contributed by atoms with van der Waals surface area (Å²) in [6, 6.07) is 0. The molecule has 0 amide bonds. The molecule has 3 aromatic heterocycles. The number of nitrogens with zero attached hydrogens (tertiary/aromatic N) is 5. The van der Waals surface area contributed by atoms with E-state index in [2.05, 4.69) is 20.3 Å². The number of hydrogen-bond acceptors (Lipinski definition) is 4. The quantitative estimate of drug-likeness (QED) is 0.605. The molecule has 0 unspecified atom stereocenters. The van der Waals surface area contributed by atoms with Crippen molar-refractivity contribution in [1.29, 1.82) is 0 Å². The van der Waals surface area contributed by atoms with Crippen LogP contribution in [0.15, 0.2) is 0 Å². The molecule has 3 aromatic rings. The Balaban J connectivity index is 2.73. The normalized spacial score (nSPS) is 11.6. The van der Waals surface area contributed by atoms with Crippen LogP contribution >= 0.6 is 0 Å². The fraction of sp³-hybridized carbons (Fsp3) is 0.385. The van der Waals surface area contributed by atoms with Gasteiger partial charge in [0, 0.05) is 23.5 Å². The second-order valence-corrected chi connectivity index (χ2v) is 4.73. The Bertz CT molecular complexity index is 785. The highest BCUT2D eigenvalue weighted by atomic mass is 15.3. The van der Waals surface area contributed by atoms with Crippen molar-refractivity contribution in [3.8, 4) is 0 Å². The van der Waals surface area contributed by atoms with Crippen molar-refractivity contribution >= 4 is 21.8 Å². The maximum absolute atomic E-state index is 4.66. The van der Waals surface area contributed by atoms with Crippen molar-refractivity contribution in [3.05, 3.63) is 22.8 Å². The minimum absolute atomic E-state index is 0.910. The molecule has 3 heterocycles. The van der Waals surface area contributed by atoms with Crippen LogP contribution in [0.3, 0.4) is 0 Å². The lowest BCUT2D eigenvalue weighted by Crippen LogP contribution is -1.99. The van der Waals surface area contributed by atoms with Crippen molar-refractivity contribution in [3.63, 3.8) is 0 Å². The molecule has 3 rings (SSSR count). The molecule has 0 spiro atoms. The van der Waals surface area contributed by atoms with Crippen molar-refractivity contribution in [2.45, 2.75) is 27.7 Å². The third-order valence-corrected chi connectivity index (χ3v) is 3.40. The van der Waals surface area contributed by atoms with Gasteiger partial charge in [0.15, 0.2) is 5.65 Å². The SMILES string of the molecule is Cc1nnc(C)c2c1c(C)nc1c2c(C)nn1C. The minimum Gasteiger partial charge on any atom is -0.250 e. The highest BCUT2D eigenvalue weighted by Gasteiger charge is 2.16. The van der Waals surface area contributed by atoms with Crippen LogP contribution in [-0.4, -0.2) is 25.0 Å². The highest BCUT2D eigenvalue weighted by molar-refractivity contribution is 6.08. The van der Waals surface area contributed by atoms with Gasteiger partial charge in [0.2, 0.25) is 0 Å². The van der Waals surface area contributed by atoms with Crippen LogP contribution in [0.1, 0.15) is 22.8 Å². The molecule has 0 atom stereocenters. The summed E-state index contributed by atoms with van der Waals surface area (Å²) in [5, 5.41) is 16.2. The van der Waals surface area contributed by atoms with Crippen molar-refractivity contribution in [2.75, 3.05) is 0 Å². The van der Waals surface area contributed by atoms with E-state index < -0.39 is 0 Å². The Morgan fingerprint density at radius 2 is 1.33 bits per heavy atom. The van der Waals surface area contributed by atoms with E-state index in [1.165, 1.54) is 0 Å². The number of aryl methyl sites for hydroxylation is 5. The lowest BCUT2D eigenvalue weighted by molar-refractivity contribution is 0.772. The van der Waals surface area contributed by atoms with Gasteiger partial charge in [-0.2, -0.15) is 15.3 Å². The van der Waals surface area contributed by atoms with E-state index in [0.717, 1.165) is 44.6 Å². The summed E-state index contributed by atoms with van der Waals surface area (Å²) in [6.45, 7) is 7.98. The van der Waals surface area contributed by atoms with Gasteiger partial charge in [0.05, 0.1) is 22.5 Å². The molecule has 0 N–H and O–H groups in total. The molecule has 0 aromatic carbocycles. The van der Waals surface area contributed by atoms with Crippen molar-refractivity contribution in [1.82, 2.24) is 25.0 Å². The van der Waals surface area contributed by atoms with Gasteiger partial charge in [-0.15, -0.1) is 0 Å². The number of pyridine rings is 1. The molecule has 0 aliphatic rings. The topological polar surface area (TPSA) is 56.5 Å². The van der Waals surface area contributed by atoms with Crippen molar-refractivity contribution < 1.29 is 0 Å². The van der Waals surface area contributed by atoms with Crippen LogP contribution in [0, 0.1) is 27.7 Å². The van der Waals surface area contributed by atoms with Gasteiger partial charge in [0.1, 0.15) is 0 Å². The van der Waals surface area contributed by atoms with Crippen LogP contribution in [0.25, 0.3) is 21.8 Å². The molecule has 0 saturated heterocycles. The molecular weight excluding hydrogens is 226 g/mol. The molecule has 0 fully saturated rings. The smallest absolute Gasteiger partial charge is 0.158 e. The molecular formula is C13H15N5. The number of hydrogen-bond donors (Lipinski definition) is 0. The average Bonchev–Trinajstić information content (AvgIpc) is 2.59. The monoisotopic (exact) mass is 241 g/mol. The van der Waals surface area contributed by atoms with Crippen LogP contribution in [0.4, 0.5) is 0 Å². The molecule has 0 bridgehead atoms. The lowest BCUT2D eigenvalue weighted by atomic mass is 10.0. The molecule has 0 aliphatic heterocycles. The number of rotatable bonds is 0. The summed E-state index contributed by atoms with van der Waals surface area (Å²) in [7, 11) is 1.92. The van der Waals surface area contributed by atoms with E-state index in [1.54, 1.807) is 0 Å². The van der Waals surface area contributed by atoms with Crippen LogP contribution < -0.4 is 0 Å². The Morgan fingerprint density at radius 1 is 0.722 bits per heavy atom. The van der Waals surface area contributed by atoms with Gasteiger partial charge in [-0.1, -0.05) is 0 Å². The zero-order valence-electron chi connectivity index (χ0n) is 11.2. The molecule has 0 saturated carbocycles. The molecule has 0 aliphatic carbocycles. The fourth-order valence-corrected chi connectivity index (χ4v) is 2.64. The Morgan fingerprint density at radius 3 is 2.00 bits per heavy atom. The van der Waals surface area contributed by atoms with E-state index in [-0.39, 0.29) is 0 Å². The Hall–Kier alpha value is -2.04. The first-order valence-corrected chi connectivity index (χ1v) is 5.94. The number of aromatic nitrogens is 5. The summed E-state index contributed by atoms with van der Waals surface area (Å²) in [5.74, 6) is 0. The lowest BCUT2D eigenvalue weighted by Gasteiger charge is -2.08. The molecule has 92 valence electrons. The van der Waals surface area contributed by atoms with E-state index in [1.807, 2.05) is 39.4 Å². The zero-order valence-corrected chi connectivity index (χ0v) is 11.2. The standard InChI is InChI=1S/C13H15N5/c1-6-10-7(2)15-16-8(3)11(10)12-9(4)17-18(5)13(12)14-6/h1-5H3. The maximum Gasteiger partial charge on any atom is 0.158 e. The molecule has 18 heavy (non-hydrogen) atoms. The second kappa shape index (κ2) is 3.48. The summed E-state index contributed by atoms with van der Waals surface area (Å²) in [5.41, 5.74) is 4.73. The van der Waals surface area contributed by atoms with Crippen LogP contribution in [0.2, 0.25) is 0 Å². The maximum atomic E-state index is 4.66. The Labute approximate surface area is 105 Å². The summed E-state index contributed by atoms with van der Waals surface area (Å²) in [4.78, 5) is 4.66. The van der Waals surface area contributed by atoms with Gasteiger partial charge in [-0.25, -0.2) is 4.98 Å². The first-order chi connectivity index (χ1) is 8.50.